The van der Waals surface area contributed by atoms with Crippen molar-refractivity contribution in [2.24, 2.45) is 5.92 Å². The van der Waals surface area contributed by atoms with E-state index < -0.39 is 5.60 Å². The lowest BCUT2D eigenvalue weighted by Crippen LogP contribution is -2.38. The zero-order chi connectivity index (χ0) is 16.4. The largest absolute Gasteiger partial charge is 0.494 e. The van der Waals surface area contributed by atoms with E-state index in [1.807, 2.05) is 18.2 Å². The van der Waals surface area contributed by atoms with Crippen LogP contribution in [-0.4, -0.2) is 40.9 Å². The Kier molecular flexibility index (Phi) is 4.39. The predicted octanol–water partition coefficient (Wildman–Crippen LogP) is 3.02. The minimum absolute atomic E-state index is 0.285. The molecule has 1 N–H and O–H groups in total. The normalized spacial score (nSPS) is 18.6. The lowest BCUT2D eigenvalue weighted by molar-refractivity contribution is -0.0177. The molecule has 0 bridgehead atoms. The summed E-state index contributed by atoms with van der Waals surface area (Å²) in [5.74, 6) is 1.99. The van der Waals surface area contributed by atoms with Crippen molar-refractivity contribution in [3.8, 4) is 5.75 Å². The number of rotatable bonds is 5. The fraction of sp³-hybridized carbons (Fsp3) is 0.556. The first kappa shape index (κ1) is 16.0. The summed E-state index contributed by atoms with van der Waals surface area (Å²) in [4.78, 5) is 11.2. The lowest BCUT2D eigenvalue weighted by atomic mass is 9.82. The van der Waals surface area contributed by atoms with Crippen LogP contribution in [0.4, 0.5) is 5.82 Å². The van der Waals surface area contributed by atoms with Gasteiger partial charge in [0.25, 0.3) is 0 Å². The molecule has 1 aromatic heterocycles. The highest BCUT2D eigenvalue weighted by Crippen LogP contribution is 2.37. The minimum Gasteiger partial charge on any atom is -0.494 e. The van der Waals surface area contributed by atoms with Gasteiger partial charge < -0.3 is 14.7 Å². The summed E-state index contributed by atoms with van der Waals surface area (Å²) in [5.41, 5.74) is 0.264. The number of hydrogen-bond acceptors (Lipinski definition) is 5. The number of anilines is 1. The second-order valence-electron chi connectivity index (χ2n) is 6.30. The van der Waals surface area contributed by atoms with Crippen LogP contribution in [0.3, 0.4) is 0 Å². The molecule has 1 fully saturated rings. The van der Waals surface area contributed by atoms with E-state index in [2.05, 4.69) is 28.7 Å². The van der Waals surface area contributed by atoms with E-state index in [-0.39, 0.29) is 5.92 Å². The van der Waals surface area contributed by atoms with E-state index in [1.54, 1.807) is 13.4 Å². The Balaban J connectivity index is 1.93. The van der Waals surface area contributed by atoms with Gasteiger partial charge in [-0.05, 0) is 31.4 Å². The molecule has 0 aliphatic carbocycles. The summed E-state index contributed by atoms with van der Waals surface area (Å²) in [7, 11) is 1.66. The van der Waals surface area contributed by atoms with Gasteiger partial charge in [0, 0.05) is 24.4 Å². The molecule has 2 aromatic rings. The highest BCUT2D eigenvalue weighted by atomic mass is 16.5. The van der Waals surface area contributed by atoms with Crippen LogP contribution in [-0.2, 0) is 0 Å². The average molecular weight is 315 g/mol. The van der Waals surface area contributed by atoms with Crippen molar-refractivity contribution < 1.29 is 9.84 Å². The number of para-hydroxylation sites is 1. The molecule has 0 radical (unpaired) electrons. The van der Waals surface area contributed by atoms with Gasteiger partial charge in [0.2, 0.25) is 0 Å². The molecule has 1 atom stereocenters. The lowest BCUT2D eigenvalue weighted by Gasteiger charge is -2.32. The fourth-order valence-electron chi connectivity index (χ4n) is 3.68. The molecular formula is C18H25N3O2. The molecule has 1 aliphatic rings. The Morgan fingerprint density at radius 2 is 2.09 bits per heavy atom. The van der Waals surface area contributed by atoms with E-state index >= 15 is 0 Å². The number of nitrogens with zero attached hydrogens (tertiary/aromatic N) is 3. The van der Waals surface area contributed by atoms with Crippen LogP contribution in [0.1, 0.15) is 33.1 Å². The smallest absolute Gasteiger partial charge is 0.145 e. The fourth-order valence-corrected chi connectivity index (χ4v) is 3.68. The zero-order valence-corrected chi connectivity index (χ0v) is 14.1. The van der Waals surface area contributed by atoms with Crippen molar-refractivity contribution in [3.05, 3.63) is 24.5 Å². The predicted molar refractivity (Wildman–Crippen MR) is 91.9 cm³/mol. The van der Waals surface area contributed by atoms with Crippen LogP contribution in [0.25, 0.3) is 10.9 Å². The molecule has 3 rings (SSSR count). The van der Waals surface area contributed by atoms with Crippen molar-refractivity contribution in [3.63, 3.8) is 0 Å². The van der Waals surface area contributed by atoms with Gasteiger partial charge in [0.1, 0.15) is 23.4 Å². The summed E-state index contributed by atoms with van der Waals surface area (Å²) in [6.07, 6.45) is 4.17. The van der Waals surface area contributed by atoms with Gasteiger partial charge >= 0.3 is 0 Å². The molecule has 1 aromatic carbocycles. The van der Waals surface area contributed by atoms with E-state index in [1.165, 1.54) is 0 Å². The van der Waals surface area contributed by atoms with Gasteiger partial charge in [-0.25, -0.2) is 9.97 Å². The van der Waals surface area contributed by atoms with Gasteiger partial charge in [-0.15, -0.1) is 0 Å². The molecular weight excluding hydrogens is 290 g/mol. The maximum absolute atomic E-state index is 10.8. The number of ether oxygens (including phenoxy) is 1. The Morgan fingerprint density at radius 3 is 2.78 bits per heavy atom. The molecule has 0 spiro atoms. The third-order valence-electron chi connectivity index (χ3n) is 5.30. The van der Waals surface area contributed by atoms with Crippen LogP contribution in [0, 0.1) is 5.92 Å². The first-order chi connectivity index (χ1) is 11.1. The van der Waals surface area contributed by atoms with Crippen molar-refractivity contribution in [1.29, 1.82) is 0 Å². The number of hydrogen-bond donors (Lipinski definition) is 1. The third kappa shape index (κ3) is 2.74. The SMILES string of the molecule is CCC(O)(CC)C1CCN(c2ncnc3c(OC)cccc23)C1. The maximum atomic E-state index is 10.8. The van der Waals surface area contributed by atoms with Gasteiger partial charge in [-0.3, -0.25) is 0 Å². The Labute approximate surface area is 137 Å². The Morgan fingerprint density at radius 1 is 1.30 bits per heavy atom. The van der Waals surface area contributed by atoms with E-state index in [0.29, 0.717) is 0 Å². The molecule has 1 saturated heterocycles. The molecule has 5 nitrogen and oxygen atoms in total. The first-order valence-electron chi connectivity index (χ1n) is 8.38. The van der Waals surface area contributed by atoms with Crippen LogP contribution < -0.4 is 9.64 Å². The Hall–Kier alpha value is -1.88. The monoisotopic (exact) mass is 315 g/mol. The van der Waals surface area contributed by atoms with Crippen molar-refractivity contribution in [2.45, 2.75) is 38.7 Å². The van der Waals surface area contributed by atoms with Gasteiger partial charge in [-0.1, -0.05) is 19.9 Å². The quantitative estimate of drug-likeness (QED) is 0.919. The molecule has 2 heterocycles. The summed E-state index contributed by atoms with van der Waals surface area (Å²) in [6.45, 7) is 5.88. The minimum atomic E-state index is -0.574. The molecule has 0 saturated carbocycles. The summed E-state index contributed by atoms with van der Waals surface area (Å²) in [5, 5.41) is 11.8. The summed E-state index contributed by atoms with van der Waals surface area (Å²) < 4.78 is 5.41. The van der Waals surface area contributed by atoms with Crippen LogP contribution >= 0.6 is 0 Å². The van der Waals surface area contributed by atoms with Gasteiger partial charge in [0.05, 0.1) is 12.7 Å². The summed E-state index contributed by atoms with van der Waals surface area (Å²) >= 11 is 0. The Bertz CT molecular complexity index is 685. The summed E-state index contributed by atoms with van der Waals surface area (Å²) in [6, 6.07) is 5.92. The van der Waals surface area contributed by atoms with Crippen LogP contribution in [0.2, 0.25) is 0 Å². The van der Waals surface area contributed by atoms with Gasteiger partial charge in [0.15, 0.2) is 0 Å². The average Bonchev–Trinajstić information content (AvgIpc) is 3.10. The molecule has 5 heteroatoms. The number of aromatic nitrogens is 2. The van der Waals surface area contributed by atoms with Gasteiger partial charge in [-0.2, -0.15) is 0 Å². The van der Waals surface area contributed by atoms with E-state index in [4.69, 9.17) is 4.74 Å². The van der Waals surface area contributed by atoms with Crippen molar-refractivity contribution >= 4 is 16.7 Å². The third-order valence-corrected chi connectivity index (χ3v) is 5.30. The zero-order valence-electron chi connectivity index (χ0n) is 14.1. The molecule has 0 amide bonds. The maximum Gasteiger partial charge on any atom is 0.145 e. The van der Waals surface area contributed by atoms with E-state index in [9.17, 15) is 5.11 Å². The van der Waals surface area contributed by atoms with E-state index in [0.717, 1.165) is 54.8 Å². The van der Waals surface area contributed by atoms with Crippen molar-refractivity contribution in [2.75, 3.05) is 25.1 Å². The highest BCUT2D eigenvalue weighted by Gasteiger charge is 2.38. The highest BCUT2D eigenvalue weighted by molar-refractivity contribution is 5.93. The molecule has 1 unspecified atom stereocenters. The topological polar surface area (TPSA) is 58.5 Å². The first-order valence-corrected chi connectivity index (χ1v) is 8.38. The molecule has 23 heavy (non-hydrogen) atoms. The second kappa shape index (κ2) is 6.32. The molecule has 1 aliphatic heterocycles. The number of aliphatic hydroxyl groups is 1. The second-order valence-corrected chi connectivity index (χ2v) is 6.30. The number of fused-ring (bicyclic) bond motifs is 1. The van der Waals surface area contributed by atoms with Crippen LogP contribution in [0.15, 0.2) is 24.5 Å². The number of benzene rings is 1. The standard InChI is InChI=1S/C18H25N3O2/c1-4-18(22,5-2)13-9-10-21(11-13)17-14-7-6-8-15(23-3)16(14)19-12-20-17/h6-8,12-13,22H,4-5,9-11H2,1-3H3. The molecule has 124 valence electrons. The number of methoxy groups -OCH3 is 1. The van der Waals surface area contributed by atoms with Crippen LogP contribution in [0.5, 0.6) is 5.75 Å². The van der Waals surface area contributed by atoms with Crippen molar-refractivity contribution in [1.82, 2.24) is 9.97 Å².